The summed E-state index contributed by atoms with van der Waals surface area (Å²) in [6, 6.07) is -0.274. The first-order chi connectivity index (χ1) is 7.58. The Labute approximate surface area is 97.0 Å². The van der Waals surface area contributed by atoms with Crippen molar-refractivity contribution in [1.82, 2.24) is 10.2 Å². The number of hydrogen-bond acceptors (Lipinski definition) is 4. The lowest BCUT2D eigenvalue weighted by Crippen LogP contribution is -2.36. The van der Waals surface area contributed by atoms with Crippen LogP contribution in [0.3, 0.4) is 0 Å². The summed E-state index contributed by atoms with van der Waals surface area (Å²) in [4.78, 5) is 12.7. The quantitative estimate of drug-likeness (QED) is 0.523. The molecule has 1 aliphatic heterocycles. The van der Waals surface area contributed by atoms with Gasteiger partial charge in [0, 0.05) is 19.1 Å². The predicted molar refractivity (Wildman–Crippen MR) is 63.3 cm³/mol. The van der Waals surface area contributed by atoms with E-state index in [9.17, 15) is 4.79 Å². The van der Waals surface area contributed by atoms with E-state index in [-0.39, 0.29) is 12.5 Å². The van der Waals surface area contributed by atoms with Crippen molar-refractivity contribution in [3.05, 3.63) is 0 Å². The molecule has 0 saturated carbocycles. The summed E-state index contributed by atoms with van der Waals surface area (Å²) in [5.74, 6) is -0.0417. The van der Waals surface area contributed by atoms with Crippen LogP contribution in [0.4, 0.5) is 0 Å². The van der Waals surface area contributed by atoms with Crippen molar-refractivity contribution in [3.63, 3.8) is 0 Å². The number of rotatable bonds is 7. The van der Waals surface area contributed by atoms with Gasteiger partial charge in [-0.2, -0.15) is 0 Å². The Kier molecular flexibility index (Phi) is 5.73. The van der Waals surface area contributed by atoms with Crippen LogP contribution in [-0.4, -0.2) is 55.2 Å². The summed E-state index contributed by atoms with van der Waals surface area (Å²) >= 11 is 0. The van der Waals surface area contributed by atoms with E-state index in [2.05, 4.69) is 17.3 Å². The molecule has 94 valence electrons. The largest absolute Gasteiger partial charge is 0.481 e. The molecule has 1 saturated heterocycles. The third-order valence-electron chi connectivity index (χ3n) is 3.06. The Bertz CT molecular complexity index is 223. The van der Waals surface area contributed by atoms with E-state index in [1.165, 1.54) is 19.5 Å². The second-order valence-electron chi connectivity index (χ2n) is 4.77. The number of nitrogens with two attached hydrogens (primary N) is 1. The zero-order chi connectivity index (χ0) is 12.0. The Morgan fingerprint density at radius 3 is 3.00 bits per heavy atom. The van der Waals surface area contributed by atoms with E-state index < -0.39 is 5.97 Å². The number of hydrogen-bond donors (Lipinski definition) is 3. The van der Waals surface area contributed by atoms with E-state index in [1.807, 2.05) is 0 Å². The molecule has 0 aromatic carbocycles. The fourth-order valence-electron chi connectivity index (χ4n) is 2.15. The fraction of sp³-hybridized carbons (Fsp3) is 0.909. The first-order valence-electron chi connectivity index (χ1n) is 5.94. The first kappa shape index (κ1) is 13.4. The van der Waals surface area contributed by atoms with Gasteiger partial charge in [-0.3, -0.25) is 4.79 Å². The average molecular weight is 229 g/mol. The molecule has 0 amide bonds. The van der Waals surface area contributed by atoms with Crippen molar-refractivity contribution >= 4 is 5.97 Å². The van der Waals surface area contributed by atoms with E-state index in [0.717, 1.165) is 18.9 Å². The van der Waals surface area contributed by atoms with Crippen LogP contribution in [0.5, 0.6) is 0 Å². The molecule has 0 aromatic heterocycles. The fourth-order valence-corrected chi connectivity index (χ4v) is 2.15. The van der Waals surface area contributed by atoms with Gasteiger partial charge in [-0.25, -0.2) is 0 Å². The molecule has 0 radical (unpaired) electrons. The van der Waals surface area contributed by atoms with Crippen molar-refractivity contribution in [2.24, 2.45) is 11.7 Å². The number of carbonyl (C=O) groups is 1. The third kappa shape index (κ3) is 5.44. The summed E-state index contributed by atoms with van der Waals surface area (Å²) < 4.78 is 0. The summed E-state index contributed by atoms with van der Waals surface area (Å²) in [5.41, 5.74) is 5.64. The molecule has 5 nitrogen and oxygen atoms in total. The monoisotopic (exact) mass is 229 g/mol. The minimum Gasteiger partial charge on any atom is -0.481 e. The summed E-state index contributed by atoms with van der Waals surface area (Å²) in [5, 5.41) is 11.8. The lowest BCUT2D eigenvalue weighted by atomic mass is 10.1. The van der Waals surface area contributed by atoms with Gasteiger partial charge in [0.1, 0.15) is 0 Å². The molecule has 4 N–H and O–H groups in total. The smallest absolute Gasteiger partial charge is 0.304 e. The third-order valence-corrected chi connectivity index (χ3v) is 3.06. The van der Waals surface area contributed by atoms with E-state index >= 15 is 0 Å². The highest BCUT2D eigenvalue weighted by Crippen LogP contribution is 2.16. The summed E-state index contributed by atoms with van der Waals surface area (Å²) in [7, 11) is 2.15. The molecule has 1 rings (SSSR count). The van der Waals surface area contributed by atoms with Crippen molar-refractivity contribution in [2.45, 2.75) is 25.3 Å². The molecule has 2 atom stereocenters. The summed E-state index contributed by atoms with van der Waals surface area (Å²) in [6.45, 7) is 3.91. The number of carboxylic acids is 1. The molecule has 0 aliphatic carbocycles. The van der Waals surface area contributed by atoms with Gasteiger partial charge in [0.2, 0.25) is 0 Å². The summed E-state index contributed by atoms with van der Waals surface area (Å²) in [6.07, 6.45) is 2.47. The highest BCUT2D eigenvalue weighted by atomic mass is 16.4. The molecule has 1 fully saturated rings. The van der Waals surface area contributed by atoms with Crippen molar-refractivity contribution < 1.29 is 9.90 Å². The Morgan fingerprint density at radius 1 is 1.69 bits per heavy atom. The second-order valence-corrected chi connectivity index (χ2v) is 4.77. The number of likely N-dealkylation sites (tertiary alicyclic amines) is 1. The normalized spacial score (nSPS) is 23.5. The zero-order valence-electron chi connectivity index (χ0n) is 9.98. The van der Waals surface area contributed by atoms with Gasteiger partial charge in [0.25, 0.3) is 0 Å². The molecule has 5 heteroatoms. The van der Waals surface area contributed by atoms with Gasteiger partial charge >= 0.3 is 5.97 Å². The molecular formula is C11H23N3O2. The SMILES string of the molecule is CN1CCC(CCNCC(N)CC(=O)O)C1. The van der Waals surface area contributed by atoms with Crippen molar-refractivity contribution in [2.75, 3.05) is 33.2 Å². The number of aliphatic carboxylic acids is 1. The van der Waals surface area contributed by atoms with Crippen LogP contribution < -0.4 is 11.1 Å². The predicted octanol–water partition coefficient (Wildman–Crippen LogP) is -0.280. The zero-order valence-corrected chi connectivity index (χ0v) is 9.98. The van der Waals surface area contributed by atoms with Gasteiger partial charge in [-0.15, -0.1) is 0 Å². The van der Waals surface area contributed by atoms with Crippen LogP contribution in [0.15, 0.2) is 0 Å². The maximum atomic E-state index is 10.4. The molecule has 0 spiro atoms. The minimum absolute atomic E-state index is 0.0408. The van der Waals surface area contributed by atoms with Crippen LogP contribution in [0.1, 0.15) is 19.3 Å². The Morgan fingerprint density at radius 2 is 2.44 bits per heavy atom. The van der Waals surface area contributed by atoms with Gasteiger partial charge in [0.15, 0.2) is 0 Å². The molecule has 1 aliphatic rings. The van der Waals surface area contributed by atoms with Crippen LogP contribution in [-0.2, 0) is 4.79 Å². The molecule has 0 aromatic rings. The van der Waals surface area contributed by atoms with Gasteiger partial charge < -0.3 is 21.1 Å². The number of carboxylic acid groups (broad SMARTS) is 1. The van der Waals surface area contributed by atoms with Crippen molar-refractivity contribution in [1.29, 1.82) is 0 Å². The number of nitrogens with one attached hydrogen (secondary N) is 1. The standard InChI is InChI=1S/C11H23N3O2/c1-14-5-3-9(8-14)2-4-13-7-10(12)6-11(15)16/h9-10,13H,2-8,12H2,1H3,(H,15,16). The van der Waals surface area contributed by atoms with Gasteiger partial charge in [-0.1, -0.05) is 0 Å². The van der Waals surface area contributed by atoms with E-state index in [4.69, 9.17) is 10.8 Å². The van der Waals surface area contributed by atoms with Gasteiger partial charge in [0.05, 0.1) is 6.42 Å². The number of nitrogens with zero attached hydrogens (tertiary/aromatic N) is 1. The Hall–Kier alpha value is -0.650. The molecule has 16 heavy (non-hydrogen) atoms. The highest BCUT2D eigenvalue weighted by molar-refractivity contribution is 5.67. The molecule has 0 bridgehead atoms. The topological polar surface area (TPSA) is 78.6 Å². The lowest BCUT2D eigenvalue weighted by Gasteiger charge is -2.13. The Balaban J connectivity index is 1.97. The maximum Gasteiger partial charge on any atom is 0.304 e. The molecular weight excluding hydrogens is 206 g/mol. The average Bonchev–Trinajstić information content (AvgIpc) is 2.58. The van der Waals surface area contributed by atoms with Crippen LogP contribution in [0.25, 0.3) is 0 Å². The second kappa shape index (κ2) is 6.83. The van der Waals surface area contributed by atoms with Crippen LogP contribution >= 0.6 is 0 Å². The first-order valence-corrected chi connectivity index (χ1v) is 5.94. The van der Waals surface area contributed by atoms with Gasteiger partial charge in [-0.05, 0) is 38.9 Å². The molecule has 2 unspecified atom stereocenters. The van der Waals surface area contributed by atoms with E-state index in [1.54, 1.807) is 0 Å². The maximum absolute atomic E-state index is 10.4. The van der Waals surface area contributed by atoms with Crippen LogP contribution in [0.2, 0.25) is 0 Å². The van der Waals surface area contributed by atoms with Crippen LogP contribution in [0, 0.1) is 5.92 Å². The van der Waals surface area contributed by atoms with E-state index in [0.29, 0.717) is 6.54 Å². The highest BCUT2D eigenvalue weighted by Gasteiger charge is 2.18. The van der Waals surface area contributed by atoms with Crippen molar-refractivity contribution in [3.8, 4) is 0 Å². The molecule has 1 heterocycles. The minimum atomic E-state index is -0.827. The lowest BCUT2D eigenvalue weighted by molar-refractivity contribution is -0.137.